The van der Waals surface area contributed by atoms with Crippen molar-refractivity contribution in [2.24, 2.45) is 0 Å². The summed E-state index contributed by atoms with van der Waals surface area (Å²) in [6.45, 7) is 6.55. The van der Waals surface area contributed by atoms with Gasteiger partial charge < -0.3 is 24.8 Å². The van der Waals surface area contributed by atoms with E-state index in [1.807, 2.05) is 13.0 Å². The van der Waals surface area contributed by atoms with E-state index in [1.165, 1.54) is 0 Å². The molecule has 0 bridgehead atoms. The van der Waals surface area contributed by atoms with Crippen molar-refractivity contribution in [3.05, 3.63) is 36.2 Å². The van der Waals surface area contributed by atoms with Gasteiger partial charge in [-0.05, 0) is 49.8 Å². The molecule has 1 aromatic heterocycles. The molecule has 1 saturated heterocycles. The van der Waals surface area contributed by atoms with Gasteiger partial charge in [-0.2, -0.15) is 0 Å². The number of aromatic nitrogens is 2. The van der Waals surface area contributed by atoms with Crippen molar-refractivity contribution in [2.75, 3.05) is 37.1 Å². The molecule has 0 saturated carbocycles. The average Bonchev–Trinajstić information content (AvgIpc) is 2.80. The SMILES string of the molecule is CCC(CC(=O)O)c1ccc(N(CC)C2CCOCC2)c(Nc2ncc(OC)cn2)c1. The van der Waals surface area contributed by atoms with Gasteiger partial charge >= 0.3 is 5.97 Å². The molecule has 1 aliphatic heterocycles. The van der Waals surface area contributed by atoms with Crippen LogP contribution < -0.4 is 15.0 Å². The lowest BCUT2D eigenvalue weighted by Crippen LogP contribution is -2.39. The zero-order valence-electron chi connectivity index (χ0n) is 18.5. The van der Waals surface area contributed by atoms with Gasteiger partial charge in [0, 0.05) is 25.8 Å². The molecular weight excluding hydrogens is 396 g/mol. The van der Waals surface area contributed by atoms with E-state index in [-0.39, 0.29) is 12.3 Å². The second kappa shape index (κ2) is 10.9. The van der Waals surface area contributed by atoms with Crippen LogP contribution in [0.25, 0.3) is 0 Å². The number of benzene rings is 1. The summed E-state index contributed by atoms with van der Waals surface area (Å²) in [5, 5.41) is 12.7. The minimum atomic E-state index is -0.790. The molecule has 168 valence electrons. The van der Waals surface area contributed by atoms with E-state index < -0.39 is 5.97 Å². The minimum Gasteiger partial charge on any atom is -0.494 e. The first-order valence-electron chi connectivity index (χ1n) is 10.9. The summed E-state index contributed by atoms with van der Waals surface area (Å²) in [6, 6.07) is 6.57. The maximum atomic E-state index is 11.3. The summed E-state index contributed by atoms with van der Waals surface area (Å²) in [5.74, 6) is 0.210. The number of anilines is 3. The maximum Gasteiger partial charge on any atom is 0.303 e. The lowest BCUT2D eigenvalue weighted by atomic mass is 9.92. The van der Waals surface area contributed by atoms with Gasteiger partial charge in [-0.1, -0.05) is 13.0 Å². The van der Waals surface area contributed by atoms with Crippen molar-refractivity contribution < 1.29 is 19.4 Å². The predicted molar refractivity (Wildman–Crippen MR) is 120 cm³/mol. The van der Waals surface area contributed by atoms with Crippen LogP contribution in [0.3, 0.4) is 0 Å². The second-order valence-electron chi connectivity index (χ2n) is 7.68. The molecule has 0 spiro atoms. The van der Waals surface area contributed by atoms with Crippen LogP contribution in [0.2, 0.25) is 0 Å². The average molecular weight is 429 g/mol. The van der Waals surface area contributed by atoms with Crippen LogP contribution in [-0.2, 0) is 9.53 Å². The molecule has 1 atom stereocenters. The van der Waals surface area contributed by atoms with Crippen molar-refractivity contribution in [1.82, 2.24) is 9.97 Å². The van der Waals surface area contributed by atoms with Gasteiger partial charge in [0.2, 0.25) is 5.95 Å². The number of aliphatic carboxylic acids is 1. The smallest absolute Gasteiger partial charge is 0.303 e. The van der Waals surface area contributed by atoms with Gasteiger partial charge in [-0.3, -0.25) is 4.79 Å². The molecule has 1 fully saturated rings. The number of carbonyl (C=O) groups is 1. The summed E-state index contributed by atoms with van der Waals surface area (Å²) < 4.78 is 10.7. The highest BCUT2D eigenvalue weighted by atomic mass is 16.5. The van der Waals surface area contributed by atoms with Crippen LogP contribution in [0.5, 0.6) is 5.75 Å². The summed E-state index contributed by atoms with van der Waals surface area (Å²) in [6.07, 6.45) is 6.05. The highest BCUT2D eigenvalue weighted by Gasteiger charge is 2.24. The van der Waals surface area contributed by atoms with Crippen molar-refractivity contribution in [3.63, 3.8) is 0 Å². The molecule has 1 aromatic carbocycles. The Labute approximate surface area is 183 Å². The molecule has 1 aliphatic rings. The van der Waals surface area contributed by atoms with E-state index in [0.29, 0.717) is 17.7 Å². The molecule has 0 radical (unpaired) electrons. The summed E-state index contributed by atoms with van der Waals surface area (Å²) in [7, 11) is 1.58. The first-order valence-corrected chi connectivity index (χ1v) is 10.9. The number of nitrogens with zero attached hydrogens (tertiary/aromatic N) is 3. The van der Waals surface area contributed by atoms with Crippen molar-refractivity contribution >= 4 is 23.3 Å². The van der Waals surface area contributed by atoms with Gasteiger partial charge in [0.05, 0.1) is 37.3 Å². The summed E-state index contributed by atoms with van der Waals surface area (Å²) in [5.41, 5.74) is 2.93. The number of methoxy groups -OCH3 is 1. The van der Waals surface area contributed by atoms with Gasteiger partial charge in [0.15, 0.2) is 5.75 Å². The number of hydrogen-bond acceptors (Lipinski definition) is 7. The topological polar surface area (TPSA) is 96.8 Å². The molecule has 3 rings (SSSR count). The Hall–Kier alpha value is -2.87. The Kier molecular flexibility index (Phi) is 8.06. The van der Waals surface area contributed by atoms with Crippen molar-refractivity contribution in [1.29, 1.82) is 0 Å². The molecule has 31 heavy (non-hydrogen) atoms. The Balaban J connectivity index is 1.97. The number of carboxylic acid groups (broad SMARTS) is 1. The number of hydrogen-bond donors (Lipinski definition) is 2. The normalized spacial score (nSPS) is 15.3. The lowest BCUT2D eigenvalue weighted by Gasteiger charge is -2.36. The number of ether oxygens (including phenoxy) is 2. The minimum absolute atomic E-state index is 0.0537. The first-order chi connectivity index (χ1) is 15.0. The van der Waals surface area contributed by atoms with Gasteiger partial charge in [-0.25, -0.2) is 9.97 Å². The quantitative estimate of drug-likeness (QED) is 0.581. The third kappa shape index (κ3) is 5.85. The first kappa shape index (κ1) is 22.8. The highest BCUT2D eigenvalue weighted by Crippen LogP contribution is 2.36. The van der Waals surface area contributed by atoms with E-state index in [2.05, 4.69) is 39.2 Å². The molecule has 8 nitrogen and oxygen atoms in total. The maximum absolute atomic E-state index is 11.3. The number of rotatable bonds is 10. The summed E-state index contributed by atoms with van der Waals surface area (Å²) >= 11 is 0. The van der Waals surface area contributed by atoms with Crippen molar-refractivity contribution in [3.8, 4) is 5.75 Å². The highest BCUT2D eigenvalue weighted by molar-refractivity contribution is 5.75. The molecule has 0 aliphatic carbocycles. The zero-order valence-corrected chi connectivity index (χ0v) is 18.5. The van der Waals surface area contributed by atoms with E-state index in [4.69, 9.17) is 9.47 Å². The van der Waals surface area contributed by atoms with Crippen LogP contribution in [0.15, 0.2) is 30.6 Å². The van der Waals surface area contributed by atoms with Crippen LogP contribution in [-0.4, -0.2) is 54.0 Å². The fourth-order valence-corrected chi connectivity index (χ4v) is 4.10. The fourth-order valence-electron chi connectivity index (χ4n) is 4.10. The number of carboxylic acids is 1. The lowest BCUT2D eigenvalue weighted by molar-refractivity contribution is -0.137. The number of nitrogens with one attached hydrogen (secondary N) is 1. The van der Waals surface area contributed by atoms with Crippen LogP contribution >= 0.6 is 0 Å². The van der Waals surface area contributed by atoms with Gasteiger partial charge in [-0.15, -0.1) is 0 Å². The zero-order chi connectivity index (χ0) is 22.2. The Bertz CT molecular complexity index is 853. The van der Waals surface area contributed by atoms with Crippen LogP contribution in [0.1, 0.15) is 51.0 Å². The standard InChI is InChI=1S/C23H32N4O4/c1-4-16(13-22(28)29)17-6-7-21(27(5-2)18-8-10-31-11-9-18)20(12-17)26-23-24-14-19(30-3)15-25-23/h6-7,12,14-16,18H,4-5,8-11,13H2,1-3H3,(H,28,29)(H,24,25,26). The predicted octanol–water partition coefficient (Wildman–Crippen LogP) is 4.20. The monoisotopic (exact) mass is 428 g/mol. The van der Waals surface area contributed by atoms with E-state index in [0.717, 1.165) is 56.0 Å². The van der Waals surface area contributed by atoms with E-state index in [9.17, 15) is 9.90 Å². The van der Waals surface area contributed by atoms with Gasteiger partial charge in [0.1, 0.15) is 0 Å². The van der Waals surface area contributed by atoms with Crippen molar-refractivity contribution in [2.45, 2.75) is 51.5 Å². The summed E-state index contributed by atoms with van der Waals surface area (Å²) in [4.78, 5) is 22.4. The molecule has 2 heterocycles. The fraction of sp³-hybridized carbons (Fsp3) is 0.522. The molecular formula is C23H32N4O4. The Morgan fingerprint density at radius 1 is 1.29 bits per heavy atom. The largest absolute Gasteiger partial charge is 0.494 e. The molecule has 8 heteroatoms. The van der Waals surface area contributed by atoms with Gasteiger partial charge in [0.25, 0.3) is 0 Å². The van der Waals surface area contributed by atoms with Crippen LogP contribution in [0.4, 0.5) is 17.3 Å². The Morgan fingerprint density at radius 2 is 2.00 bits per heavy atom. The molecule has 2 aromatic rings. The third-order valence-corrected chi connectivity index (χ3v) is 5.80. The molecule has 0 amide bonds. The second-order valence-corrected chi connectivity index (χ2v) is 7.68. The Morgan fingerprint density at radius 3 is 2.58 bits per heavy atom. The molecule has 2 N–H and O–H groups in total. The molecule has 1 unspecified atom stereocenters. The van der Waals surface area contributed by atoms with Crippen LogP contribution in [0, 0.1) is 0 Å². The third-order valence-electron chi connectivity index (χ3n) is 5.80. The van der Waals surface area contributed by atoms with E-state index in [1.54, 1.807) is 19.5 Å². The van der Waals surface area contributed by atoms with E-state index >= 15 is 0 Å².